The van der Waals surface area contributed by atoms with Gasteiger partial charge in [0.15, 0.2) is 12.2 Å². The van der Waals surface area contributed by atoms with Crippen molar-refractivity contribution in [3.8, 4) is 0 Å². The Hall–Kier alpha value is -1.36. The highest BCUT2D eigenvalue weighted by atomic mass is 16.6. The van der Waals surface area contributed by atoms with Gasteiger partial charge in [0.25, 0.3) is 0 Å². The largest absolute Gasteiger partial charge is 0.458 e. The highest BCUT2D eigenvalue weighted by Gasteiger charge is 2.37. The fourth-order valence-electron chi connectivity index (χ4n) is 3.43. The molecule has 0 unspecified atom stereocenters. The van der Waals surface area contributed by atoms with Crippen molar-refractivity contribution < 1.29 is 24.2 Å². The van der Waals surface area contributed by atoms with Gasteiger partial charge < -0.3 is 14.6 Å². The topological polar surface area (TPSA) is 72.8 Å². The standard InChI is InChI=1S/C23H40O5/c1-2-3-4-5-6-7-8-9-10-11-12-13-14-15-16-17-22(25)27-20-18-23(26)28-21(20)19-24/h9-10,20-21,24H,2-8,11-19H2,1H3/b10-9+/t20-,21+/m1/s1. The third kappa shape index (κ3) is 12.2. The van der Waals surface area contributed by atoms with Gasteiger partial charge in [-0.25, -0.2) is 0 Å². The second kappa shape index (κ2) is 16.6. The van der Waals surface area contributed by atoms with Crippen molar-refractivity contribution in [2.45, 2.75) is 115 Å². The fourth-order valence-corrected chi connectivity index (χ4v) is 3.43. The summed E-state index contributed by atoms with van der Waals surface area (Å²) in [6.07, 6.45) is 19.5. The van der Waals surface area contributed by atoms with Gasteiger partial charge in [-0.1, -0.05) is 70.4 Å². The Morgan fingerprint density at radius 2 is 1.57 bits per heavy atom. The van der Waals surface area contributed by atoms with Gasteiger partial charge in [-0.3, -0.25) is 9.59 Å². The zero-order chi connectivity index (χ0) is 20.5. The number of ether oxygens (including phenoxy) is 2. The third-order valence-corrected chi connectivity index (χ3v) is 5.17. The molecule has 1 saturated heterocycles. The Labute approximate surface area is 170 Å². The van der Waals surface area contributed by atoms with Crippen molar-refractivity contribution in [1.82, 2.24) is 0 Å². The number of unbranched alkanes of at least 4 members (excludes halogenated alkanes) is 11. The minimum Gasteiger partial charge on any atom is -0.458 e. The van der Waals surface area contributed by atoms with E-state index in [9.17, 15) is 9.59 Å². The summed E-state index contributed by atoms with van der Waals surface area (Å²) in [5, 5.41) is 9.11. The number of rotatable bonds is 17. The minimum atomic E-state index is -0.703. The molecule has 0 aliphatic carbocycles. The van der Waals surface area contributed by atoms with Gasteiger partial charge in [-0.2, -0.15) is 0 Å². The van der Waals surface area contributed by atoms with Crippen molar-refractivity contribution in [1.29, 1.82) is 0 Å². The number of carbonyl (C=O) groups excluding carboxylic acids is 2. The van der Waals surface area contributed by atoms with Crippen LogP contribution >= 0.6 is 0 Å². The van der Waals surface area contributed by atoms with Gasteiger partial charge in [0.05, 0.1) is 13.0 Å². The van der Waals surface area contributed by atoms with E-state index >= 15 is 0 Å². The summed E-state index contributed by atoms with van der Waals surface area (Å²) in [4.78, 5) is 23.0. The first-order valence-electron chi connectivity index (χ1n) is 11.3. The van der Waals surface area contributed by atoms with E-state index in [1.807, 2.05) is 0 Å². The molecule has 1 fully saturated rings. The number of aliphatic hydroxyl groups excluding tert-OH is 1. The van der Waals surface area contributed by atoms with Crippen molar-refractivity contribution in [2.75, 3.05) is 6.61 Å². The lowest BCUT2D eigenvalue weighted by Crippen LogP contribution is -2.30. The maximum atomic E-state index is 11.8. The molecule has 0 spiro atoms. The van der Waals surface area contributed by atoms with Gasteiger partial charge in [-0.15, -0.1) is 0 Å². The summed E-state index contributed by atoms with van der Waals surface area (Å²) in [6.45, 7) is 1.94. The fraction of sp³-hybridized carbons (Fsp3) is 0.826. The van der Waals surface area contributed by atoms with Crippen LogP contribution in [0.3, 0.4) is 0 Å². The molecule has 162 valence electrons. The Morgan fingerprint density at radius 1 is 1.00 bits per heavy atom. The van der Waals surface area contributed by atoms with Gasteiger partial charge >= 0.3 is 11.9 Å². The van der Waals surface area contributed by atoms with E-state index in [0.717, 1.165) is 25.7 Å². The molecule has 0 aromatic heterocycles. The highest BCUT2D eigenvalue weighted by Crippen LogP contribution is 2.19. The Morgan fingerprint density at radius 3 is 2.18 bits per heavy atom. The molecule has 0 aromatic rings. The molecule has 0 aromatic carbocycles. The summed E-state index contributed by atoms with van der Waals surface area (Å²) >= 11 is 0. The second-order valence-electron chi connectivity index (χ2n) is 7.78. The number of cyclic esters (lactones) is 1. The van der Waals surface area contributed by atoms with Crippen LogP contribution in [0, 0.1) is 0 Å². The van der Waals surface area contributed by atoms with Crippen molar-refractivity contribution >= 4 is 11.9 Å². The molecular weight excluding hydrogens is 356 g/mol. The van der Waals surface area contributed by atoms with Crippen LogP contribution in [0.2, 0.25) is 0 Å². The molecule has 0 amide bonds. The summed E-state index contributed by atoms with van der Waals surface area (Å²) in [5.74, 6) is -0.725. The highest BCUT2D eigenvalue weighted by molar-refractivity contribution is 5.74. The minimum absolute atomic E-state index is 0.0450. The summed E-state index contributed by atoms with van der Waals surface area (Å²) in [6, 6.07) is 0. The third-order valence-electron chi connectivity index (χ3n) is 5.17. The first kappa shape index (κ1) is 24.7. The van der Waals surface area contributed by atoms with Crippen LogP contribution in [0.4, 0.5) is 0 Å². The molecular formula is C23H40O5. The number of allylic oxidation sites excluding steroid dienone is 2. The van der Waals surface area contributed by atoms with Gasteiger partial charge in [0, 0.05) is 6.42 Å². The molecule has 1 rings (SSSR count). The molecule has 2 atom stereocenters. The van der Waals surface area contributed by atoms with Crippen molar-refractivity contribution in [3.05, 3.63) is 12.2 Å². The van der Waals surface area contributed by atoms with E-state index in [2.05, 4.69) is 19.1 Å². The van der Waals surface area contributed by atoms with Gasteiger partial charge in [0.2, 0.25) is 0 Å². The number of hydrogen-bond donors (Lipinski definition) is 1. The van der Waals surface area contributed by atoms with Crippen LogP contribution in [0.1, 0.15) is 103 Å². The lowest BCUT2D eigenvalue weighted by atomic mass is 10.1. The normalized spacial score (nSPS) is 19.3. The molecule has 0 saturated carbocycles. The molecule has 1 aliphatic rings. The van der Waals surface area contributed by atoms with E-state index in [0.29, 0.717) is 6.42 Å². The Balaban J connectivity index is 1.88. The molecule has 28 heavy (non-hydrogen) atoms. The molecule has 5 nitrogen and oxygen atoms in total. The second-order valence-corrected chi connectivity index (χ2v) is 7.78. The predicted octanol–water partition coefficient (Wildman–Crippen LogP) is 5.24. The molecule has 1 heterocycles. The van der Waals surface area contributed by atoms with Crippen molar-refractivity contribution in [3.63, 3.8) is 0 Å². The summed E-state index contributed by atoms with van der Waals surface area (Å²) < 4.78 is 10.1. The first-order chi connectivity index (χ1) is 13.7. The van der Waals surface area contributed by atoms with Gasteiger partial charge in [0.1, 0.15) is 0 Å². The van der Waals surface area contributed by atoms with E-state index in [4.69, 9.17) is 14.6 Å². The van der Waals surface area contributed by atoms with Crippen LogP contribution in [0.25, 0.3) is 0 Å². The summed E-state index contributed by atoms with van der Waals surface area (Å²) in [7, 11) is 0. The average molecular weight is 397 g/mol. The smallest absolute Gasteiger partial charge is 0.310 e. The van der Waals surface area contributed by atoms with Crippen LogP contribution in [-0.4, -0.2) is 35.9 Å². The maximum Gasteiger partial charge on any atom is 0.310 e. The van der Waals surface area contributed by atoms with E-state index in [-0.39, 0.29) is 19.0 Å². The molecule has 5 heteroatoms. The van der Waals surface area contributed by atoms with E-state index in [1.54, 1.807) is 0 Å². The van der Waals surface area contributed by atoms with Crippen LogP contribution < -0.4 is 0 Å². The molecule has 0 radical (unpaired) electrons. The Bertz CT molecular complexity index is 446. The van der Waals surface area contributed by atoms with E-state index < -0.39 is 18.2 Å². The predicted molar refractivity (Wildman–Crippen MR) is 111 cm³/mol. The number of carbonyl (C=O) groups is 2. The zero-order valence-electron chi connectivity index (χ0n) is 17.7. The lowest BCUT2D eigenvalue weighted by molar-refractivity contribution is -0.154. The van der Waals surface area contributed by atoms with Crippen LogP contribution in [0.15, 0.2) is 12.2 Å². The van der Waals surface area contributed by atoms with Crippen LogP contribution in [-0.2, 0) is 19.1 Å². The number of aliphatic hydroxyl groups is 1. The number of esters is 2. The lowest BCUT2D eigenvalue weighted by Gasteiger charge is -2.15. The molecule has 0 bridgehead atoms. The molecule has 1 N–H and O–H groups in total. The zero-order valence-corrected chi connectivity index (χ0v) is 17.7. The van der Waals surface area contributed by atoms with Crippen LogP contribution in [0.5, 0.6) is 0 Å². The van der Waals surface area contributed by atoms with Gasteiger partial charge in [-0.05, 0) is 32.1 Å². The quantitative estimate of drug-likeness (QED) is 0.207. The number of hydrogen-bond acceptors (Lipinski definition) is 5. The summed E-state index contributed by atoms with van der Waals surface area (Å²) in [5.41, 5.74) is 0. The van der Waals surface area contributed by atoms with E-state index in [1.165, 1.54) is 57.8 Å². The monoisotopic (exact) mass is 396 g/mol. The SMILES string of the molecule is CCCCCCCC/C=C/CCCCCCCC(=O)O[C@@H]1CC(=O)O[C@H]1CO. The molecule has 1 aliphatic heterocycles. The Kier molecular flexibility index (Phi) is 14.6. The average Bonchev–Trinajstić information content (AvgIpc) is 3.04. The maximum absolute atomic E-state index is 11.8. The first-order valence-corrected chi connectivity index (χ1v) is 11.3. The van der Waals surface area contributed by atoms with Crippen molar-refractivity contribution in [2.24, 2.45) is 0 Å².